The van der Waals surface area contributed by atoms with Crippen LogP contribution in [-0.4, -0.2) is 31.3 Å². The van der Waals surface area contributed by atoms with E-state index in [0.717, 1.165) is 5.92 Å². The van der Waals surface area contributed by atoms with Crippen molar-refractivity contribution in [3.63, 3.8) is 0 Å². The van der Waals surface area contributed by atoms with Gasteiger partial charge < -0.3 is 9.69 Å². The van der Waals surface area contributed by atoms with Gasteiger partial charge in [0.25, 0.3) is 0 Å². The van der Waals surface area contributed by atoms with Crippen LogP contribution in [0, 0.1) is 23.2 Å². The number of Topliss-reactive ketones (excluding diaryl/α,β-unsaturated/α-hetero) is 1. The van der Waals surface area contributed by atoms with Crippen molar-refractivity contribution in [3.05, 3.63) is 0 Å². The van der Waals surface area contributed by atoms with Crippen molar-refractivity contribution < 1.29 is 4.79 Å². The molecule has 0 unspecified atom stereocenters. The Bertz CT molecular complexity index is 181. The molecule has 17 heavy (non-hydrogen) atoms. The molecule has 0 saturated carbocycles. The van der Waals surface area contributed by atoms with Crippen LogP contribution in [0.1, 0.15) is 49.0 Å². The number of carbonyl (C=O) groups is 1. The summed E-state index contributed by atoms with van der Waals surface area (Å²) in [6.07, 6.45) is 0. The van der Waals surface area contributed by atoms with Gasteiger partial charge in [0.15, 0.2) is 0 Å². The van der Waals surface area contributed by atoms with Gasteiger partial charge >= 0.3 is 0 Å². The van der Waals surface area contributed by atoms with Gasteiger partial charge in [0.05, 0.1) is 6.07 Å². The van der Waals surface area contributed by atoms with Crippen LogP contribution in [0.25, 0.3) is 0 Å². The standard InChI is InChI=1S/C6H15N.C4H7N.C3H6O.CH4/c1-6(2)5-7(3)4;1-4(2)3-5;1-3(2)4;/h6H,5H2,1-4H3;4H,1-2H3;1-2H3;1H4. The van der Waals surface area contributed by atoms with Crippen LogP contribution in [0.15, 0.2) is 0 Å². The Morgan fingerprint density at radius 2 is 1.41 bits per heavy atom. The van der Waals surface area contributed by atoms with Crippen molar-refractivity contribution in [1.82, 2.24) is 4.90 Å². The molecule has 0 bridgehead atoms. The topological polar surface area (TPSA) is 44.1 Å². The highest BCUT2D eigenvalue weighted by Gasteiger charge is 1.92. The van der Waals surface area contributed by atoms with Crippen LogP contribution in [0.2, 0.25) is 0 Å². The molecule has 0 fully saturated rings. The second kappa shape index (κ2) is 17.5. The van der Waals surface area contributed by atoms with Gasteiger partial charge in [-0.1, -0.05) is 21.3 Å². The van der Waals surface area contributed by atoms with E-state index in [4.69, 9.17) is 5.26 Å². The van der Waals surface area contributed by atoms with Gasteiger partial charge in [0, 0.05) is 5.92 Å². The number of carbonyl (C=O) groups excluding carboxylic acids is 1. The normalized spacial score (nSPS) is 8.35. The molecule has 0 rings (SSSR count). The SMILES string of the molecule is C.CC(C)=O.CC(C)C#N.CC(C)CN(C)C. The quantitative estimate of drug-likeness (QED) is 0.745. The van der Waals surface area contributed by atoms with E-state index >= 15 is 0 Å². The van der Waals surface area contributed by atoms with Gasteiger partial charge in [-0.05, 0) is 54.3 Å². The Morgan fingerprint density at radius 1 is 1.18 bits per heavy atom. The molecule has 0 atom stereocenters. The van der Waals surface area contributed by atoms with Gasteiger partial charge in [0.2, 0.25) is 0 Å². The van der Waals surface area contributed by atoms with Crippen LogP contribution < -0.4 is 0 Å². The Morgan fingerprint density at radius 3 is 1.41 bits per heavy atom. The summed E-state index contributed by atoms with van der Waals surface area (Å²) in [5.74, 6) is 1.16. The van der Waals surface area contributed by atoms with Crippen molar-refractivity contribution in [2.24, 2.45) is 11.8 Å². The van der Waals surface area contributed by atoms with E-state index in [2.05, 4.69) is 32.8 Å². The third-order valence-electron chi connectivity index (χ3n) is 0.988. The minimum absolute atomic E-state index is 0. The van der Waals surface area contributed by atoms with E-state index in [-0.39, 0.29) is 19.1 Å². The summed E-state index contributed by atoms with van der Waals surface area (Å²) in [6, 6.07) is 2.03. The molecule has 0 amide bonds. The Labute approximate surface area is 109 Å². The van der Waals surface area contributed by atoms with Crippen molar-refractivity contribution in [3.8, 4) is 6.07 Å². The van der Waals surface area contributed by atoms with Gasteiger partial charge in [-0.15, -0.1) is 0 Å². The molecule has 0 aromatic heterocycles. The second-order valence-corrected chi connectivity index (χ2v) is 4.85. The molecule has 0 aromatic rings. The lowest BCUT2D eigenvalue weighted by Gasteiger charge is -2.10. The number of nitrogens with zero attached hydrogens (tertiary/aromatic N) is 2. The van der Waals surface area contributed by atoms with E-state index < -0.39 is 0 Å². The molecule has 0 aliphatic carbocycles. The number of nitriles is 1. The third kappa shape index (κ3) is 99.3. The molecular weight excluding hydrogens is 212 g/mol. The summed E-state index contributed by atoms with van der Waals surface area (Å²) < 4.78 is 0. The number of ketones is 1. The lowest BCUT2D eigenvalue weighted by molar-refractivity contribution is -0.114. The van der Waals surface area contributed by atoms with Crippen LogP contribution >= 0.6 is 0 Å². The number of hydrogen-bond donors (Lipinski definition) is 0. The third-order valence-corrected chi connectivity index (χ3v) is 0.988. The maximum absolute atomic E-state index is 9.44. The molecule has 0 aliphatic rings. The molecule has 0 saturated heterocycles. The van der Waals surface area contributed by atoms with E-state index in [1.165, 1.54) is 20.4 Å². The Balaban J connectivity index is -0.0000000757. The molecule has 0 aliphatic heterocycles. The monoisotopic (exact) mass is 244 g/mol. The van der Waals surface area contributed by atoms with Crippen LogP contribution in [0.5, 0.6) is 0 Å². The first-order valence-electron chi connectivity index (χ1n) is 5.64. The van der Waals surface area contributed by atoms with Crippen LogP contribution in [0.3, 0.4) is 0 Å². The van der Waals surface area contributed by atoms with E-state index in [0.29, 0.717) is 0 Å². The molecule has 0 radical (unpaired) electrons. The first-order chi connectivity index (χ1) is 7.13. The summed E-state index contributed by atoms with van der Waals surface area (Å²) >= 11 is 0. The predicted octanol–water partition coefficient (Wildman–Crippen LogP) is 3.60. The first kappa shape index (κ1) is 25.1. The summed E-state index contributed by atoms with van der Waals surface area (Å²) in [4.78, 5) is 11.6. The number of rotatable bonds is 2. The fraction of sp³-hybridized carbons (Fsp3) is 0.857. The highest BCUT2D eigenvalue weighted by molar-refractivity contribution is 5.72. The average molecular weight is 244 g/mol. The molecule has 0 heterocycles. The smallest absolute Gasteiger partial charge is 0.126 e. The van der Waals surface area contributed by atoms with Crippen molar-refractivity contribution in [1.29, 1.82) is 5.26 Å². The highest BCUT2D eigenvalue weighted by Crippen LogP contribution is 1.90. The minimum Gasteiger partial charge on any atom is -0.309 e. The van der Waals surface area contributed by atoms with Gasteiger partial charge in [0.1, 0.15) is 5.78 Å². The van der Waals surface area contributed by atoms with E-state index in [9.17, 15) is 4.79 Å². The zero-order chi connectivity index (χ0) is 13.7. The molecule has 104 valence electrons. The van der Waals surface area contributed by atoms with Gasteiger partial charge in [-0.3, -0.25) is 0 Å². The fourth-order valence-electron chi connectivity index (χ4n) is 0.730. The fourth-order valence-corrected chi connectivity index (χ4v) is 0.730. The van der Waals surface area contributed by atoms with Crippen molar-refractivity contribution in [2.75, 3.05) is 20.6 Å². The summed E-state index contributed by atoms with van der Waals surface area (Å²) in [6.45, 7) is 12.4. The Hall–Kier alpha value is -0.880. The van der Waals surface area contributed by atoms with Crippen molar-refractivity contribution in [2.45, 2.75) is 49.0 Å². The van der Waals surface area contributed by atoms with Gasteiger partial charge in [-0.25, -0.2) is 0 Å². The van der Waals surface area contributed by atoms with Crippen LogP contribution in [0.4, 0.5) is 0 Å². The van der Waals surface area contributed by atoms with E-state index in [1.807, 2.05) is 19.9 Å². The average Bonchev–Trinajstić information content (AvgIpc) is 2.01. The predicted molar refractivity (Wildman–Crippen MR) is 76.9 cm³/mol. The summed E-state index contributed by atoms with van der Waals surface area (Å²) in [5, 5.41) is 7.89. The second-order valence-electron chi connectivity index (χ2n) is 4.85. The minimum atomic E-state index is 0. The maximum Gasteiger partial charge on any atom is 0.126 e. The first-order valence-corrected chi connectivity index (χ1v) is 5.64. The molecule has 0 aromatic carbocycles. The van der Waals surface area contributed by atoms with Gasteiger partial charge in [-0.2, -0.15) is 5.26 Å². The van der Waals surface area contributed by atoms with Crippen LogP contribution in [-0.2, 0) is 4.79 Å². The lowest BCUT2D eigenvalue weighted by atomic mass is 10.2. The maximum atomic E-state index is 9.44. The summed E-state index contributed by atoms with van der Waals surface area (Å²) in [5.41, 5.74) is 0. The molecule has 3 nitrogen and oxygen atoms in total. The van der Waals surface area contributed by atoms with Crippen molar-refractivity contribution >= 4 is 5.78 Å². The molecular formula is C14H32N2O. The highest BCUT2D eigenvalue weighted by atomic mass is 16.1. The Kier molecular flexibility index (Phi) is 25.8. The molecule has 3 heteroatoms. The number of hydrogen-bond acceptors (Lipinski definition) is 3. The molecule has 0 N–H and O–H groups in total. The lowest BCUT2D eigenvalue weighted by Crippen LogP contribution is -2.17. The van der Waals surface area contributed by atoms with E-state index in [1.54, 1.807) is 0 Å². The molecule has 0 spiro atoms. The zero-order valence-electron chi connectivity index (χ0n) is 12.2. The summed E-state index contributed by atoms with van der Waals surface area (Å²) in [7, 11) is 4.19. The largest absolute Gasteiger partial charge is 0.309 e. The zero-order valence-corrected chi connectivity index (χ0v) is 12.2.